The molecular formula is C46H29NO2. The Morgan fingerprint density at radius 1 is 0.347 bits per heavy atom. The molecule has 3 nitrogen and oxygen atoms in total. The fourth-order valence-electron chi connectivity index (χ4n) is 7.35. The van der Waals surface area contributed by atoms with Crippen molar-refractivity contribution in [2.24, 2.45) is 0 Å². The monoisotopic (exact) mass is 627 g/mol. The van der Waals surface area contributed by atoms with E-state index in [0.717, 1.165) is 77.6 Å². The first kappa shape index (κ1) is 27.5. The zero-order valence-corrected chi connectivity index (χ0v) is 26.5. The van der Waals surface area contributed by atoms with Gasteiger partial charge in [-0.2, -0.15) is 0 Å². The molecule has 49 heavy (non-hydrogen) atoms. The maximum absolute atomic E-state index is 6.40. The molecule has 3 heteroatoms. The SMILES string of the molecule is c1cc(-c2ccc3ccccc3c2)cc(N(c2ccccc2-c2ccc3c(c2)oc2ccccc23)c2cccc3oc4ccccc4c23)c1. The molecule has 0 aliphatic carbocycles. The van der Waals surface area contributed by atoms with Gasteiger partial charge in [0.25, 0.3) is 0 Å². The van der Waals surface area contributed by atoms with E-state index in [1.807, 2.05) is 24.3 Å². The molecule has 10 rings (SSSR count). The van der Waals surface area contributed by atoms with E-state index < -0.39 is 0 Å². The van der Waals surface area contributed by atoms with Crippen molar-refractivity contribution in [3.05, 3.63) is 176 Å². The van der Waals surface area contributed by atoms with Gasteiger partial charge in [0.15, 0.2) is 0 Å². The van der Waals surface area contributed by atoms with Crippen LogP contribution < -0.4 is 4.90 Å². The van der Waals surface area contributed by atoms with Gasteiger partial charge in [-0.15, -0.1) is 0 Å². The minimum atomic E-state index is 0.857. The Morgan fingerprint density at radius 2 is 0.980 bits per heavy atom. The number of hydrogen-bond acceptors (Lipinski definition) is 3. The lowest BCUT2D eigenvalue weighted by molar-refractivity contribution is 0.668. The molecule has 0 saturated carbocycles. The average molecular weight is 628 g/mol. The van der Waals surface area contributed by atoms with Gasteiger partial charge in [0.2, 0.25) is 0 Å². The number of nitrogens with zero attached hydrogens (tertiary/aromatic N) is 1. The lowest BCUT2D eigenvalue weighted by Gasteiger charge is -2.29. The summed E-state index contributed by atoms with van der Waals surface area (Å²) in [5.41, 5.74) is 11.2. The van der Waals surface area contributed by atoms with Crippen LogP contribution in [0, 0.1) is 0 Å². The third-order valence-corrected chi connectivity index (χ3v) is 9.64. The number of hydrogen-bond donors (Lipinski definition) is 0. The summed E-state index contributed by atoms with van der Waals surface area (Å²) < 4.78 is 12.8. The van der Waals surface area contributed by atoms with Crippen LogP contribution in [0.4, 0.5) is 17.1 Å². The molecule has 0 unspecified atom stereocenters. The Balaban J connectivity index is 1.22. The molecule has 0 atom stereocenters. The van der Waals surface area contributed by atoms with E-state index in [-0.39, 0.29) is 0 Å². The molecule has 0 amide bonds. The van der Waals surface area contributed by atoms with Crippen LogP contribution in [0.25, 0.3) is 76.9 Å². The fourth-order valence-corrected chi connectivity index (χ4v) is 7.35. The third kappa shape index (κ3) is 4.51. The van der Waals surface area contributed by atoms with E-state index in [1.165, 1.54) is 16.3 Å². The van der Waals surface area contributed by atoms with Crippen molar-refractivity contribution in [2.45, 2.75) is 0 Å². The summed E-state index contributed by atoms with van der Waals surface area (Å²) in [4.78, 5) is 2.38. The number of anilines is 3. The zero-order valence-electron chi connectivity index (χ0n) is 26.5. The molecule has 0 aliphatic rings. The summed E-state index contributed by atoms with van der Waals surface area (Å²) in [5.74, 6) is 0. The van der Waals surface area contributed by atoms with Crippen molar-refractivity contribution >= 4 is 71.7 Å². The second-order valence-electron chi connectivity index (χ2n) is 12.5. The Kier molecular flexibility index (Phi) is 6.18. The molecule has 2 heterocycles. The van der Waals surface area contributed by atoms with Gasteiger partial charge in [0.1, 0.15) is 22.3 Å². The van der Waals surface area contributed by atoms with Crippen LogP contribution in [0.2, 0.25) is 0 Å². The van der Waals surface area contributed by atoms with Crippen LogP contribution in [-0.4, -0.2) is 0 Å². The van der Waals surface area contributed by atoms with E-state index in [2.05, 4.69) is 157 Å². The maximum atomic E-state index is 6.40. The van der Waals surface area contributed by atoms with Gasteiger partial charge in [-0.3, -0.25) is 0 Å². The Hall–Kier alpha value is -6.58. The highest BCUT2D eigenvalue weighted by atomic mass is 16.3. The van der Waals surface area contributed by atoms with Crippen LogP contribution in [0.3, 0.4) is 0 Å². The van der Waals surface area contributed by atoms with E-state index >= 15 is 0 Å². The summed E-state index contributed by atoms with van der Waals surface area (Å²) in [6.45, 7) is 0. The van der Waals surface area contributed by atoms with Gasteiger partial charge in [0, 0.05) is 27.4 Å². The lowest BCUT2D eigenvalue weighted by atomic mass is 9.98. The van der Waals surface area contributed by atoms with Crippen LogP contribution in [0.1, 0.15) is 0 Å². The van der Waals surface area contributed by atoms with Crippen molar-refractivity contribution in [3.63, 3.8) is 0 Å². The first-order chi connectivity index (χ1) is 24.3. The molecule has 0 N–H and O–H groups in total. The molecule has 0 radical (unpaired) electrons. The van der Waals surface area contributed by atoms with Crippen LogP contribution in [-0.2, 0) is 0 Å². The Labute approximate surface area is 282 Å². The summed E-state index contributed by atoms with van der Waals surface area (Å²) in [7, 11) is 0. The van der Waals surface area contributed by atoms with E-state index in [0.29, 0.717) is 0 Å². The topological polar surface area (TPSA) is 29.5 Å². The van der Waals surface area contributed by atoms with E-state index in [4.69, 9.17) is 8.83 Å². The van der Waals surface area contributed by atoms with Gasteiger partial charge < -0.3 is 13.7 Å². The van der Waals surface area contributed by atoms with E-state index in [1.54, 1.807) is 0 Å². The highest BCUT2D eigenvalue weighted by molar-refractivity contribution is 6.14. The summed E-state index contributed by atoms with van der Waals surface area (Å²) in [6.07, 6.45) is 0. The standard InChI is InChI=1S/C46H29NO2/c1-2-12-31-27-33(24-23-30(31)11-1)32-13-9-14-35(28-32)47(41-19-10-22-44-46(41)39-17-5-8-21-43(39)48-44)40-18-6-3-15-36(40)34-25-26-38-37-16-4-7-20-42(37)49-45(38)29-34/h1-29H. The van der Waals surface area contributed by atoms with E-state index in [9.17, 15) is 0 Å². The first-order valence-electron chi connectivity index (χ1n) is 16.6. The third-order valence-electron chi connectivity index (χ3n) is 9.64. The number of furan rings is 2. The predicted molar refractivity (Wildman–Crippen MR) is 204 cm³/mol. The highest BCUT2D eigenvalue weighted by Crippen LogP contribution is 2.47. The minimum absolute atomic E-state index is 0.857. The lowest BCUT2D eigenvalue weighted by Crippen LogP contribution is -2.11. The molecule has 0 saturated heterocycles. The number of benzene rings is 8. The largest absolute Gasteiger partial charge is 0.456 e. The molecule has 10 aromatic rings. The van der Waals surface area contributed by atoms with Crippen molar-refractivity contribution in [2.75, 3.05) is 4.90 Å². The smallest absolute Gasteiger partial charge is 0.137 e. The van der Waals surface area contributed by atoms with Gasteiger partial charge in [0.05, 0.1) is 16.8 Å². The molecule has 0 bridgehead atoms. The summed E-state index contributed by atoms with van der Waals surface area (Å²) in [6, 6.07) is 62.1. The first-order valence-corrected chi connectivity index (χ1v) is 16.6. The normalized spacial score (nSPS) is 11.7. The van der Waals surface area contributed by atoms with Crippen LogP contribution >= 0.6 is 0 Å². The predicted octanol–water partition coefficient (Wildman–Crippen LogP) is 13.4. The molecule has 230 valence electrons. The molecule has 0 spiro atoms. The average Bonchev–Trinajstić information content (AvgIpc) is 3.74. The summed E-state index contributed by atoms with van der Waals surface area (Å²) >= 11 is 0. The molecule has 2 aromatic heterocycles. The number of rotatable bonds is 5. The molecule has 8 aromatic carbocycles. The van der Waals surface area contributed by atoms with Gasteiger partial charge >= 0.3 is 0 Å². The van der Waals surface area contributed by atoms with Gasteiger partial charge in [-0.25, -0.2) is 0 Å². The second-order valence-corrected chi connectivity index (χ2v) is 12.5. The van der Waals surface area contributed by atoms with Gasteiger partial charge in [-0.1, -0.05) is 115 Å². The summed E-state index contributed by atoms with van der Waals surface area (Å²) in [5, 5.41) is 6.87. The van der Waals surface area contributed by atoms with Crippen LogP contribution in [0.15, 0.2) is 185 Å². The molecule has 0 aliphatic heterocycles. The number of fused-ring (bicyclic) bond motifs is 7. The fraction of sp³-hybridized carbons (Fsp3) is 0. The Morgan fingerprint density at radius 3 is 1.90 bits per heavy atom. The molecular weight excluding hydrogens is 599 g/mol. The number of para-hydroxylation sites is 3. The Bertz CT molecular complexity index is 2860. The van der Waals surface area contributed by atoms with Gasteiger partial charge in [-0.05, 0) is 88.1 Å². The maximum Gasteiger partial charge on any atom is 0.137 e. The van der Waals surface area contributed by atoms with Crippen molar-refractivity contribution in [1.29, 1.82) is 0 Å². The van der Waals surface area contributed by atoms with Crippen molar-refractivity contribution < 1.29 is 8.83 Å². The zero-order chi connectivity index (χ0) is 32.3. The second kappa shape index (κ2) is 11.0. The van der Waals surface area contributed by atoms with Crippen LogP contribution in [0.5, 0.6) is 0 Å². The molecule has 0 fully saturated rings. The quantitative estimate of drug-likeness (QED) is 0.190. The van der Waals surface area contributed by atoms with Crippen molar-refractivity contribution in [3.8, 4) is 22.3 Å². The van der Waals surface area contributed by atoms with Crippen molar-refractivity contribution in [1.82, 2.24) is 0 Å². The minimum Gasteiger partial charge on any atom is -0.456 e. The highest BCUT2D eigenvalue weighted by Gasteiger charge is 2.22.